The molecule has 0 aliphatic rings. The Hall–Kier alpha value is -1.75. The van der Waals surface area contributed by atoms with Gasteiger partial charge in [-0.05, 0) is 12.1 Å². The highest BCUT2D eigenvalue weighted by atomic mass is 35.5. The molecule has 0 spiro atoms. The van der Waals surface area contributed by atoms with Crippen molar-refractivity contribution in [2.75, 3.05) is 20.7 Å². The van der Waals surface area contributed by atoms with Crippen LogP contribution in [0.1, 0.15) is 11.1 Å². The summed E-state index contributed by atoms with van der Waals surface area (Å²) in [5.41, 5.74) is 1.88. The standard InChI is InChI=1S/C18H20Cl2N2O2/c1-22(11-14-7-5-8-15(19)18(14)20)12-17(23)21-10-13-6-3-4-9-16(13)24-2/h3-9H,10-12H2,1-2H3,(H,21,23)/p+1. The van der Waals surface area contributed by atoms with Gasteiger partial charge in [-0.15, -0.1) is 0 Å². The van der Waals surface area contributed by atoms with Crippen LogP contribution in [0.3, 0.4) is 0 Å². The SMILES string of the molecule is COc1ccccc1CNC(=O)C[NH+](C)Cc1cccc(Cl)c1Cl. The molecule has 2 N–H and O–H groups in total. The second kappa shape index (κ2) is 8.92. The molecule has 24 heavy (non-hydrogen) atoms. The van der Waals surface area contributed by atoms with Crippen LogP contribution in [0.25, 0.3) is 0 Å². The van der Waals surface area contributed by atoms with Crippen molar-refractivity contribution in [3.63, 3.8) is 0 Å². The van der Waals surface area contributed by atoms with Gasteiger partial charge in [-0.1, -0.05) is 53.5 Å². The lowest BCUT2D eigenvalue weighted by atomic mass is 10.2. The van der Waals surface area contributed by atoms with E-state index in [1.54, 1.807) is 13.2 Å². The predicted octanol–water partition coefficient (Wildman–Crippen LogP) is 2.33. The quantitative estimate of drug-likeness (QED) is 0.788. The first-order chi connectivity index (χ1) is 11.5. The number of hydrogen-bond acceptors (Lipinski definition) is 2. The van der Waals surface area contributed by atoms with Crippen molar-refractivity contribution in [1.29, 1.82) is 0 Å². The summed E-state index contributed by atoms with van der Waals surface area (Å²) < 4.78 is 5.28. The molecule has 2 aromatic carbocycles. The number of para-hydroxylation sites is 1. The first kappa shape index (κ1) is 18.6. The van der Waals surface area contributed by atoms with E-state index in [1.165, 1.54) is 0 Å². The van der Waals surface area contributed by atoms with Gasteiger partial charge in [0.15, 0.2) is 6.54 Å². The molecule has 0 fully saturated rings. The second-order valence-electron chi connectivity index (χ2n) is 5.61. The highest BCUT2D eigenvalue weighted by Gasteiger charge is 2.14. The minimum absolute atomic E-state index is 0.0310. The number of amides is 1. The van der Waals surface area contributed by atoms with Gasteiger partial charge in [-0.3, -0.25) is 4.79 Å². The maximum absolute atomic E-state index is 12.1. The maximum Gasteiger partial charge on any atom is 0.275 e. The number of rotatable bonds is 7. The van der Waals surface area contributed by atoms with E-state index >= 15 is 0 Å². The molecule has 0 heterocycles. The van der Waals surface area contributed by atoms with E-state index in [-0.39, 0.29) is 5.91 Å². The summed E-state index contributed by atoms with van der Waals surface area (Å²) in [4.78, 5) is 13.2. The zero-order valence-corrected chi connectivity index (χ0v) is 15.2. The summed E-state index contributed by atoms with van der Waals surface area (Å²) in [6.07, 6.45) is 0. The van der Waals surface area contributed by atoms with Gasteiger partial charge in [0.05, 0.1) is 24.2 Å². The van der Waals surface area contributed by atoms with Crippen LogP contribution in [0, 0.1) is 0 Å². The number of quaternary nitrogens is 1. The smallest absolute Gasteiger partial charge is 0.275 e. The summed E-state index contributed by atoms with van der Waals surface area (Å²) in [6.45, 7) is 1.41. The number of halogens is 2. The lowest BCUT2D eigenvalue weighted by Crippen LogP contribution is -3.08. The Morgan fingerprint density at radius 3 is 2.58 bits per heavy atom. The fourth-order valence-corrected chi connectivity index (χ4v) is 2.84. The molecule has 128 valence electrons. The van der Waals surface area contributed by atoms with Gasteiger partial charge in [0.1, 0.15) is 12.3 Å². The van der Waals surface area contributed by atoms with Crippen molar-refractivity contribution in [2.45, 2.75) is 13.1 Å². The summed E-state index contributed by atoms with van der Waals surface area (Å²) >= 11 is 12.2. The van der Waals surface area contributed by atoms with E-state index < -0.39 is 0 Å². The highest BCUT2D eigenvalue weighted by molar-refractivity contribution is 6.42. The third-order valence-corrected chi connectivity index (χ3v) is 4.51. The van der Waals surface area contributed by atoms with E-state index in [0.29, 0.717) is 29.7 Å². The van der Waals surface area contributed by atoms with Crippen molar-refractivity contribution in [3.05, 3.63) is 63.6 Å². The van der Waals surface area contributed by atoms with Crippen LogP contribution in [-0.2, 0) is 17.9 Å². The van der Waals surface area contributed by atoms with Crippen LogP contribution in [0.15, 0.2) is 42.5 Å². The van der Waals surface area contributed by atoms with Crippen molar-refractivity contribution < 1.29 is 14.4 Å². The van der Waals surface area contributed by atoms with Crippen LogP contribution in [0.5, 0.6) is 5.75 Å². The van der Waals surface area contributed by atoms with Gasteiger partial charge in [0.2, 0.25) is 0 Å². The number of likely N-dealkylation sites (N-methyl/N-ethyl adjacent to an activating group) is 1. The Morgan fingerprint density at radius 1 is 1.12 bits per heavy atom. The summed E-state index contributed by atoms with van der Waals surface area (Å²) in [7, 11) is 3.56. The number of carbonyl (C=O) groups is 1. The van der Waals surface area contributed by atoms with Crippen molar-refractivity contribution in [2.24, 2.45) is 0 Å². The summed E-state index contributed by atoms with van der Waals surface area (Å²) in [6, 6.07) is 13.2. The van der Waals surface area contributed by atoms with Crippen LogP contribution in [-0.4, -0.2) is 26.6 Å². The molecule has 2 rings (SSSR count). The van der Waals surface area contributed by atoms with E-state index in [9.17, 15) is 4.79 Å². The maximum atomic E-state index is 12.1. The number of hydrogen-bond donors (Lipinski definition) is 2. The molecular weight excluding hydrogens is 347 g/mol. The van der Waals surface area contributed by atoms with Gasteiger partial charge in [-0.25, -0.2) is 0 Å². The lowest BCUT2D eigenvalue weighted by Gasteiger charge is -2.15. The molecule has 2 aromatic rings. The molecule has 0 saturated heterocycles. The monoisotopic (exact) mass is 367 g/mol. The fraction of sp³-hybridized carbons (Fsp3) is 0.278. The van der Waals surface area contributed by atoms with Crippen LogP contribution in [0.4, 0.5) is 0 Å². The molecule has 0 bridgehead atoms. The minimum atomic E-state index is -0.0310. The van der Waals surface area contributed by atoms with Crippen LogP contribution < -0.4 is 15.0 Å². The summed E-state index contributed by atoms with van der Waals surface area (Å²) in [5, 5.41) is 4.00. The first-order valence-corrected chi connectivity index (χ1v) is 8.39. The average Bonchev–Trinajstić information content (AvgIpc) is 2.57. The number of methoxy groups -OCH3 is 1. The topological polar surface area (TPSA) is 42.8 Å². The molecule has 0 saturated carbocycles. The number of nitrogens with one attached hydrogen (secondary N) is 2. The van der Waals surface area contributed by atoms with Crippen molar-refractivity contribution in [1.82, 2.24) is 5.32 Å². The fourth-order valence-electron chi connectivity index (χ4n) is 2.45. The largest absolute Gasteiger partial charge is 0.496 e. The van der Waals surface area contributed by atoms with Crippen molar-refractivity contribution in [3.8, 4) is 5.75 Å². The third-order valence-electron chi connectivity index (χ3n) is 3.65. The number of ether oxygens (including phenoxy) is 1. The normalized spacial score (nSPS) is 11.8. The average molecular weight is 368 g/mol. The van der Waals surface area contributed by atoms with Gasteiger partial charge in [0.25, 0.3) is 5.91 Å². The van der Waals surface area contributed by atoms with Crippen LogP contribution in [0.2, 0.25) is 10.0 Å². The zero-order chi connectivity index (χ0) is 17.5. The highest BCUT2D eigenvalue weighted by Crippen LogP contribution is 2.24. The molecular formula is C18H21Cl2N2O2+. The molecule has 4 nitrogen and oxygen atoms in total. The van der Waals surface area contributed by atoms with E-state index in [0.717, 1.165) is 21.8 Å². The van der Waals surface area contributed by atoms with Crippen LogP contribution >= 0.6 is 23.2 Å². The predicted molar refractivity (Wildman–Crippen MR) is 96.8 cm³/mol. The van der Waals surface area contributed by atoms with Gasteiger partial charge >= 0.3 is 0 Å². The molecule has 1 amide bonds. The molecule has 0 radical (unpaired) electrons. The Kier molecular flexibility index (Phi) is 6.91. The Morgan fingerprint density at radius 2 is 1.83 bits per heavy atom. The number of carbonyl (C=O) groups excluding carboxylic acids is 1. The first-order valence-electron chi connectivity index (χ1n) is 7.64. The van der Waals surface area contributed by atoms with Gasteiger partial charge < -0.3 is 15.0 Å². The van der Waals surface area contributed by atoms with E-state index in [4.69, 9.17) is 27.9 Å². The van der Waals surface area contributed by atoms with Gasteiger partial charge in [0, 0.05) is 17.7 Å². The second-order valence-corrected chi connectivity index (χ2v) is 6.40. The van der Waals surface area contributed by atoms with E-state index in [1.807, 2.05) is 43.4 Å². The summed E-state index contributed by atoms with van der Waals surface area (Å²) in [5.74, 6) is 0.737. The van der Waals surface area contributed by atoms with Crippen molar-refractivity contribution >= 4 is 29.1 Å². The number of benzene rings is 2. The molecule has 1 unspecified atom stereocenters. The molecule has 0 aromatic heterocycles. The minimum Gasteiger partial charge on any atom is -0.496 e. The van der Waals surface area contributed by atoms with E-state index in [2.05, 4.69) is 5.32 Å². The molecule has 6 heteroatoms. The lowest BCUT2D eigenvalue weighted by molar-refractivity contribution is -0.885. The Labute approximate surface area is 152 Å². The van der Waals surface area contributed by atoms with Gasteiger partial charge in [-0.2, -0.15) is 0 Å². The molecule has 1 atom stereocenters. The zero-order valence-electron chi connectivity index (χ0n) is 13.7. The Bertz CT molecular complexity index is 707. The molecule has 0 aliphatic heterocycles. The Balaban J connectivity index is 1.86. The third kappa shape index (κ3) is 5.13. The molecule has 0 aliphatic carbocycles.